The molecule has 2 aromatic carbocycles. The summed E-state index contributed by atoms with van der Waals surface area (Å²) in [5, 5.41) is 5.84. The summed E-state index contributed by atoms with van der Waals surface area (Å²) in [4.78, 5) is 24.0. The summed E-state index contributed by atoms with van der Waals surface area (Å²) in [6, 6.07) is 14.3. The second-order valence-electron chi connectivity index (χ2n) is 5.75. The molecule has 2 rings (SSSR count). The van der Waals surface area contributed by atoms with Gasteiger partial charge in [0.1, 0.15) is 5.75 Å². The molecule has 0 bridgehead atoms. The first-order valence-electron chi connectivity index (χ1n) is 8.05. The van der Waals surface area contributed by atoms with Crippen LogP contribution < -0.4 is 15.4 Å². The van der Waals surface area contributed by atoms with E-state index in [0.29, 0.717) is 29.4 Å². The summed E-state index contributed by atoms with van der Waals surface area (Å²) in [7, 11) is 0. The maximum absolute atomic E-state index is 12.0. The van der Waals surface area contributed by atoms with Crippen LogP contribution in [0.2, 0.25) is 5.02 Å². The monoisotopic (exact) mass is 360 g/mol. The molecule has 2 amide bonds. The van der Waals surface area contributed by atoms with E-state index in [0.717, 1.165) is 5.56 Å². The van der Waals surface area contributed by atoms with Crippen LogP contribution in [0.25, 0.3) is 0 Å². The van der Waals surface area contributed by atoms with Crippen molar-refractivity contribution >= 4 is 29.1 Å². The normalized spacial score (nSPS) is 10.4. The van der Waals surface area contributed by atoms with Crippen LogP contribution in [-0.2, 0) is 16.0 Å². The third-order valence-corrected chi connectivity index (χ3v) is 3.57. The van der Waals surface area contributed by atoms with E-state index in [1.165, 1.54) is 0 Å². The van der Waals surface area contributed by atoms with E-state index in [2.05, 4.69) is 10.6 Å². The Kier molecular flexibility index (Phi) is 6.83. The third-order valence-electron chi connectivity index (χ3n) is 3.32. The zero-order valence-electron chi connectivity index (χ0n) is 14.2. The highest BCUT2D eigenvalue weighted by Crippen LogP contribution is 2.24. The van der Waals surface area contributed by atoms with Crippen molar-refractivity contribution < 1.29 is 14.3 Å². The smallest absolute Gasteiger partial charge is 0.313 e. The molecule has 0 unspecified atom stereocenters. The lowest BCUT2D eigenvalue weighted by Crippen LogP contribution is -2.36. The predicted octanol–water partition coefficient (Wildman–Crippen LogP) is 3.42. The van der Waals surface area contributed by atoms with E-state index in [1.54, 1.807) is 36.4 Å². The van der Waals surface area contributed by atoms with E-state index >= 15 is 0 Å². The SMILES string of the molecule is CC(C)Oc1ccccc1NC(=O)C(=O)NCCc1ccc(Cl)cc1. The van der Waals surface area contributed by atoms with Crippen molar-refractivity contribution in [3.63, 3.8) is 0 Å². The van der Waals surface area contributed by atoms with Gasteiger partial charge < -0.3 is 15.4 Å². The van der Waals surface area contributed by atoms with Crippen LogP contribution in [0.4, 0.5) is 5.69 Å². The highest BCUT2D eigenvalue weighted by molar-refractivity contribution is 6.39. The minimum absolute atomic E-state index is 0.0359. The molecule has 0 aliphatic rings. The van der Waals surface area contributed by atoms with Gasteiger partial charge in [-0.05, 0) is 50.1 Å². The van der Waals surface area contributed by atoms with Gasteiger partial charge in [-0.2, -0.15) is 0 Å². The van der Waals surface area contributed by atoms with E-state index in [9.17, 15) is 9.59 Å². The number of carbonyl (C=O) groups is 2. The first-order valence-corrected chi connectivity index (χ1v) is 8.43. The number of amides is 2. The molecular weight excluding hydrogens is 340 g/mol. The van der Waals surface area contributed by atoms with E-state index in [1.807, 2.05) is 26.0 Å². The maximum atomic E-state index is 12.0. The average Bonchev–Trinajstić information content (AvgIpc) is 2.58. The Bertz CT molecular complexity index is 730. The zero-order chi connectivity index (χ0) is 18.2. The molecule has 2 N–H and O–H groups in total. The highest BCUT2D eigenvalue weighted by atomic mass is 35.5. The fraction of sp³-hybridized carbons (Fsp3) is 0.263. The van der Waals surface area contributed by atoms with Crippen LogP contribution in [0.5, 0.6) is 5.75 Å². The quantitative estimate of drug-likeness (QED) is 0.775. The molecule has 5 nitrogen and oxygen atoms in total. The molecule has 0 atom stereocenters. The molecule has 0 radical (unpaired) electrons. The Hall–Kier alpha value is -2.53. The van der Waals surface area contributed by atoms with Gasteiger partial charge in [0.2, 0.25) is 0 Å². The van der Waals surface area contributed by atoms with Gasteiger partial charge in [-0.25, -0.2) is 0 Å². The molecule has 0 spiro atoms. The molecule has 0 heterocycles. The number of rotatable bonds is 6. The molecule has 0 aromatic heterocycles. The fourth-order valence-electron chi connectivity index (χ4n) is 2.16. The number of para-hydroxylation sites is 2. The van der Waals surface area contributed by atoms with Crippen molar-refractivity contribution in [2.45, 2.75) is 26.4 Å². The number of hydrogen-bond donors (Lipinski definition) is 2. The van der Waals surface area contributed by atoms with Gasteiger partial charge in [0.25, 0.3) is 0 Å². The van der Waals surface area contributed by atoms with Gasteiger partial charge in [0.05, 0.1) is 11.8 Å². The number of carbonyl (C=O) groups excluding carboxylic acids is 2. The first kappa shape index (κ1) is 18.8. The summed E-state index contributed by atoms with van der Waals surface area (Å²) in [5.74, 6) is -0.885. The van der Waals surface area contributed by atoms with Gasteiger partial charge in [-0.15, -0.1) is 0 Å². The summed E-state index contributed by atoms with van der Waals surface area (Å²) in [5.41, 5.74) is 1.50. The molecule has 6 heteroatoms. The average molecular weight is 361 g/mol. The lowest BCUT2D eigenvalue weighted by Gasteiger charge is -2.14. The maximum Gasteiger partial charge on any atom is 0.313 e. The van der Waals surface area contributed by atoms with Crippen molar-refractivity contribution in [3.05, 3.63) is 59.1 Å². The molecule has 132 valence electrons. The topological polar surface area (TPSA) is 67.4 Å². The molecule has 0 saturated heterocycles. The summed E-state index contributed by atoms with van der Waals surface area (Å²) < 4.78 is 5.62. The highest BCUT2D eigenvalue weighted by Gasteiger charge is 2.15. The van der Waals surface area contributed by atoms with Crippen molar-refractivity contribution in [2.24, 2.45) is 0 Å². The molecule has 0 aliphatic carbocycles. The van der Waals surface area contributed by atoms with Gasteiger partial charge in [0, 0.05) is 11.6 Å². The largest absolute Gasteiger partial charge is 0.489 e. The Balaban J connectivity index is 1.86. The first-order chi connectivity index (χ1) is 12.0. The van der Waals surface area contributed by atoms with Crippen LogP contribution in [0.3, 0.4) is 0 Å². The third kappa shape index (κ3) is 6.12. The number of halogens is 1. The number of benzene rings is 2. The van der Waals surface area contributed by atoms with Gasteiger partial charge in [-0.3, -0.25) is 9.59 Å². The minimum atomic E-state index is -0.726. The molecule has 0 fully saturated rings. The number of ether oxygens (including phenoxy) is 1. The zero-order valence-corrected chi connectivity index (χ0v) is 15.0. The van der Waals surface area contributed by atoms with Crippen LogP contribution in [0.1, 0.15) is 19.4 Å². The van der Waals surface area contributed by atoms with Crippen LogP contribution in [0.15, 0.2) is 48.5 Å². The second kappa shape index (κ2) is 9.08. The molecule has 0 aliphatic heterocycles. The van der Waals surface area contributed by atoms with Crippen LogP contribution in [0, 0.1) is 0 Å². The Morgan fingerprint density at radius 1 is 1.04 bits per heavy atom. The van der Waals surface area contributed by atoms with Gasteiger partial charge in [-0.1, -0.05) is 35.9 Å². The van der Waals surface area contributed by atoms with E-state index in [4.69, 9.17) is 16.3 Å². The predicted molar refractivity (Wildman–Crippen MR) is 99.0 cm³/mol. The second-order valence-corrected chi connectivity index (χ2v) is 6.19. The summed E-state index contributed by atoms with van der Waals surface area (Å²) in [6.07, 6.45) is 0.578. The van der Waals surface area contributed by atoms with Crippen molar-refractivity contribution in [3.8, 4) is 5.75 Å². The number of hydrogen-bond acceptors (Lipinski definition) is 3. The van der Waals surface area contributed by atoms with Gasteiger partial charge in [0.15, 0.2) is 0 Å². The van der Waals surface area contributed by atoms with E-state index < -0.39 is 11.8 Å². The Morgan fingerprint density at radius 3 is 2.40 bits per heavy atom. The van der Waals surface area contributed by atoms with Gasteiger partial charge >= 0.3 is 11.8 Å². The Morgan fingerprint density at radius 2 is 1.72 bits per heavy atom. The van der Waals surface area contributed by atoms with E-state index in [-0.39, 0.29) is 6.10 Å². The lowest BCUT2D eigenvalue weighted by molar-refractivity contribution is -0.136. The van der Waals surface area contributed by atoms with Crippen LogP contribution >= 0.6 is 11.6 Å². The van der Waals surface area contributed by atoms with Crippen LogP contribution in [-0.4, -0.2) is 24.5 Å². The summed E-state index contributed by atoms with van der Waals surface area (Å²) >= 11 is 5.83. The standard InChI is InChI=1S/C19H21ClN2O3/c1-13(2)25-17-6-4-3-5-16(17)22-19(24)18(23)21-12-11-14-7-9-15(20)10-8-14/h3-10,13H,11-12H2,1-2H3,(H,21,23)(H,22,24). The fourth-order valence-corrected chi connectivity index (χ4v) is 2.28. The molecule has 25 heavy (non-hydrogen) atoms. The molecule has 0 saturated carbocycles. The van der Waals surface area contributed by atoms with Crippen molar-refractivity contribution in [1.82, 2.24) is 5.32 Å². The number of anilines is 1. The van der Waals surface area contributed by atoms with Crippen molar-refractivity contribution in [1.29, 1.82) is 0 Å². The number of nitrogens with one attached hydrogen (secondary N) is 2. The van der Waals surface area contributed by atoms with Crippen molar-refractivity contribution in [2.75, 3.05) is 11.9 Å². The Labute approximate surface area is 152 Å². The molecule has 2 aromatic rings. The lowest BCUT2D eigenvalue weighted by atomic mass is 10.1. The summed E-state index contributed by atoms with van der Waals surface area (Å²) in [6.45, 7) is 4.14. The molecular formula is C19H21ClN2O3. The minimum Gasteiger partial charge on any atom is -0.489 e.